The van der Waals surface area contributed by atoms with Crippen LogP contribution in [0.3, 0.4) is 0 Å². The van der Waals surface area contributed by atoms with Crippen molar-refractivity contribution in [3.05, 3.63) is 101 Å². The number of anilines is 1. The Bertz CT molecular complexity index is 1710. The summed E-state index contributed by atoms with van der Waals surface area (Å²) < 4.78 is 28.8. The van der Waals surface area contributed by atoms with Gasteiger partial charge in [0.05, 0.1) is 34.5 Å². The minimum absolute atomic E-state index is 0.0477. The van der Waals surface area contributed by atoms with Gasteiger partial charge in [0.1, 0.15) is 0 Å². The lowest BCUT2D eigenvalue weighted by Gasteiger charge is -2.36. The lowest BCUT2D eigenvalue weighted by atomic mass is 9.93. The molecule has 2 amide bonds. The molecule has 3 aromatic rings. The first kappa shape index (κ1) is 35.4. The van der Waals surface area contributed by atoms with Gasteiger partial charge in [-0.1, -0.05) is 69.2 Å². The van der Waals surface area contributed by atoms with Crippen LogP contribution in [-0.2, 0) is 27.8 Å². The van der Waals surface area contributed by atoms with E-state index in [-0.39, 0.29) is 46.6 Å². The molecule has 4 rings (SSSR count). The van der Waals surface area contributed by atoms with Crippen molar-refractivity contribution < 1.29 is 23.1 Å². The van der Waals surface area contributed by atoms with Crippen molar-refractivity contribution in [1.82, 2.24) is 9.80 Å². The number of benzene rings is 3. The molecule has 0 aliphatic carbocycles. The molecule has 250 valence electrons. The molecule has 11 heteroatoms. The van der Waals surface area contributed by atoms with E-state index < -0.39 is 22.0 Å². The number of nitrogens with two attached hydrogens (primary N) is 1. The molecular weight excluding hydrogens is 614 g/mol. The van der Waals surface area contributed by atoms with Gasteiger partial charge in [-0.15, -0.1) is 0 Å². The SMILES string of the molecule is CCCCN(CCCC)C(=O)/C(N)=C/C(C)=Nc1ccc(NS(=O)(=O)c2ccccc2)cc1C(=O)N1Cc2ccccc2CC1CO. The molecule has 10 nitrogen and oxygen atoms in total. The third-order valence-electron chi connectivity index (χ3n) is 8.12. The molecule has 4 N–H and O–H groups in total. The smallest absolute Gasteiger partial charge is 0.269 e. The van der Waals surface area contributed by atoms with Crippen LogP contribution in [0.5, 0.6) is 0 Å². The molecular formula is C36H45N5O5S. The zero-order chi connectivity index (χ0) is 34.0. The fourth-order valence-electron chi connectivity index (χ4n) is 5.53. The maximum atomic E-state index is 14.3. The minimum Gasteiger partial charge on any atom is -0.394 e. The lowest BCUT2D eigenvalue weighted by Crippen LogP contribution is -2.46. The zero-order valence-corrected chi connectivity index (χ0v) is 28.2. The molecule has 0 fully saturated rings. The van der Waals surface area contributed by atoms with Gasteiger partial charge in [-0.05, 0) is 73.7 Å². The highest BCUT2D eigenvalue weighted by atomic mass is 32.2. The maximum absolute atomic E-state index is 14.3. The van der Waals surface area contributed by atoms with E-state index in [4.69, 9.17) is 5.73 Å². The number of hydrogen-bond acceptors (Lipinski definition) is 7. The first-order valence-corrected chi connectivity index (χ1v) is 17.6. The number of carbonyl (C=O) groups excluding carboxylic acids is 2. The number of carbonyl (C=O) groups is 2. The number of unbranched alkanes of at least 4 members (excludes halogenated alkanes) is 2. The highest BCUT2D eigenvalue weighted by molar-refractivity contribution is 7.92. The number of allylic oxidation sites excluding steroid dienone is 1. The average Bonchev–Trinajstić information content (AvgIpc) is 3.08. The van der Waals surface area contributed by atoms with Gasteiger partial charge < -0.3 is 20.6 Å². The Balaban J connectivity index is 1.72. The van der Waals surface area contributed by atoms with Crippen LogP contribution < -0.4 is 10.5 Å². The predicted molar refractivity (Wildman–Crippen MR) is 186 cm³/mol. The molecule has 0 saturated carbocycles. The Hall–Kier alpha value is -4.48. The van der Waals surface area contributed by atoms with Crippen LogP contribution in [0.1, 0.15) is 67.9 Å². The Morgan fingerprint density at radius 3 is 2.28 bits per heavy atom. The van der Waals surface area contributed by atoms with Crippen molar-refractivity contribution in [2.75, 3.05) is 24.4 Å². The van der Waals surface area contributed by atoms with E-state index in [2.05, 4.69) is 23.6 Å². The van der Waals surface area contributed by atoms with Crippen LogP contribution in [0.4, 0.5) is 11.4 Å². The quantitative estimate of drug-likeness (QED) is 0.156. The first-order chi connectivity index (χ1) is 22.6. The second-order valence-electron chi connectivity index (χ2n) is 11.7. The molecule has 0 spiro atoms. The van der Waals surface area contributed by atoms with E-state index >= 15 is 0 Å². The van der Waals surface area contributed by atoms with Crippen LogP contribution in [0.15, 0.2) is 94.5 Å². The standard InChI is InChI=1S/C36H45N5O5S/c1-4-6-19-40(20-7-5-2)36(44)33(37)21-26(3)38-34-18-17-29(39-47(45,46)31-15-9-8-10-16-31)23-32(34)35(43)41-24-28-14-12-11-13-27(28)22-30(41)25-42/h8-18,21,23,30,39,42H,4-7,19-20,22,24-25,37H2,1-3H3/b33-21-,38-26?. The summed E-state index contributed by atoms with van der Waals surface area (Å²) >= 11 is 0. The zero-order valence-electron chi connectivity index (χ0n) is 27.4. The second kappa shape index (κ2) is 16.4. The minimum atomic E-state index is -3.94. The Morgan fingerprint density at radius 2 is 1.64 bits per heavy atom. The maximum Gasteiger partial charge on any atom is 0.269 e. The molecule has 0 aromatic heterocycles. The summed E-state index contributed by atoms with van der Waals surface area (Å²) in [6.07, 6.45) is 5.63. The number of nitrogens with one attached hydrogen (secondary N) is 1. The average molecular weight is 660 g/mol. The van der Waals surface area contributed by atoms with E-state index in [1.54, 1.807) is 41.0 Å². The molecule has 0 radical (unpaired) electrons. The van der Waals surface area contributed by atoms with E-state index in [1.165, 1.54) is 30.3 Å². The summed E-state index contributed by atoms with van der Waals surface area (Å²) in [6, 6.07) is 19.8. The molecule has 1 aliphatic rings. The topological polar surface area (TPSA) is 145 Å². The molecule has 0 saturated heterocycles. The van der Waals surface area contributed by atoms with Gasteiger partial charge in [0.2, 0.25) is 0 Å². The molecule has 3 aromatic carbocycles. The molecule has 47 heavy (non-hydrogen) atoms. The lowest BCUT2D eigenvalue weighted by molar-refractivity contribution is -0.127. The number of aliphatic imine (C=N–C) groups is 1. The summed E-state index contributed by atoms with van der Waals surface area (Å²) in [5.74, 6) is -0.676. The highest BCUT2D eigenvalue weighted by Crippen LogP contribution is 2.31. The monoisotopic (exact) mass is 659 g/mol. The van der Waals surface area contributed by atoms with Crippen LogP contribution in [0.2, 0.25) is 0 Å². The number of aliphatic hydroxyl groups is 1. The van der Waals surface area contributed by atoms with Gasteiger partial charge in [-0.25, -0.2) is 8.42 Å². The Morgan fingerprint density at radius 1 is 1.00 bits per heavy atom. The van der Waals surface area contributed by atoms with Crippen LogP contribution in [-0.4, -0.2) is 66.6 Å². The van der Waals surface area contributed by atoms with Crippen molar-refractivity contribution in [2.24, 2.45) is 10.7 Å². The summed E-state index contributed by atoms with van der Waals surface area (Å²) in [7, 11) is -3.94. The highest BCUT2D eigenvalue weighted by Gasteiger charge is 2.31. The number of nitrogens with zero attached hydrogens (tertiary/aromatic N) is 3. The second-order valence-corrected chi connectivity index (χ2v) is 13.4. The van der Waals surface area contributed by atoms with Crippen molar-refractivity contribution in [3.63, 3.8) is 0 Å². The van der Waals surface area contributed by atoms with Gasteiger partial charge in [0.25, 0.3) is 21.8 Å². The van der Waals surface area contributed by atoms with Crippen molar-refractivity contribution in [1.29, 1.82) is 0 Å². The van der Waals surface area contributed by atoms with Crippen molar-refractivity contribution in [3.8, 4) is 0 Å². The van der Waals surface area contributed by atoms with Crippen LogP contribution in [0.25, 0.3) is 0 Å². The Kier molecular flexibility index (Phi) is 12.3. The summed E-state index contributed by atoms with van der Waals surface area (Å²) in [5.41, 5.74) is 9.34. The largest absolute Gasteiger partial charge is 0.394 e. The van der Waals surface area contributed by atoms with Crippen molar-refractivity contribution >= 4 is 38.9 Å². The van der Waals surface area contributed by atoms with Gasteiger partial charge in [0.15, 0.2) is 0 Å². The molecule has 1 atom stereocenters. The fourth-order valence-corrected chi connectivity index (χ4v) is 6.60. The number of aliphatic hydroxyl groups excluding tert-OH is 1. The van der Waals surface area contributed by atoms with Crippen LogP contribution in [0, 0.1) is 0 Å². The first-order valence-electron chi connectivity index (χ1n) is 16.1. The number of sulfonamides is 1. The Labute approximate surface area is 278 Å². The molecule has 1 heterocycles. The summed E-state index contributed by atoms with van der Waals surface area (Å²) in [5, 5.41) is 10.3. The number of fused-ring (bicyclic) bond motifs is 1. The van der Waals surface area contributed by atoms with Gasteiger partial charge in [0, 0.05) is 31.0 Å². The summed E-state index contributed by atoms with van der Waals surface area (Å²) in [6.45, 7) is 7.09. The van der Waals surface area contributed by atoms with Crippen molar-refractivity contribution in [2.45, 2.75) is 70.4 Å². The van der Waals surface area contributed by atoms with Gasteiger partial charge in [-0.2, -0.15) is 0 Å². The normalized spacial score (nSPS) is 15.2. The summed E-state index contributed by atoms with van der Waals surface area (Å²) in [4.78, 5) is 35.6. The fraction of sp³-hybridized carbons (Fsp3) is 0.361. The number of hydrogen-bond donors (Lipinski definition) is 3. The van der Waals surface area contributed by atoms with E-state index in [9.17, 15) is 23.1 Å². The number of amides is 2. The third kappa shape index (κ3) is 9.08. The van der Waals surface area contributed by atoms with Gasteiger partial charge in [-0.3, -0.25) is 19.3 Å². The van der Waals surface area contributed by atoms with Crippen LogP contribution >= 0.6 is 0 Å². The molecule has 1 aliphatic heterocycles. The molecule has 0 bridgehead atoms. The number of rotatable bonds is 14. The van der Waals surface area contributed by atoms with Gasteiger partial charge >= 0.3 is 0 Å². The third-order valence-corrected chi connectivity index (χ3v) is 9.52. The van der Waals surface area contributed by atoms with E-state index in [1.807, 2.05) is 24.3 Å². The van der Waals surface area contributed by atoms with E-state index in [0.29, 0.717) is 25.2 Å². The predicted octanol–water partition coefficient (Wildman–Crippen LogP) is 5.41. The molecule has 1 unspecified atom stereocenters. The van der Waals surface area contributed by atoms with E-state index in [0.717, 1.165) is 36.8 Å².